The number of aromatic nitrogens is 1. The average molecular weight is 337 g/mol. The van der Waals surface area contributed by atoms with Gasteiger partial charge in [-0.3, -0.25) is 4.79 Å². The minimum atomic E-state index is -1.46. The van der Waals surface area contributed by atoms with Crippen LogP contribution in [-0.4, -0.2) is 17.1 Å². The predicted octanol–water partition coefficient (Wildman–Crippen LogP) is 3.87. The summed E-state index contributed by atoms with van der Waals surface area (Å²) in [5.74, 6) is -0.305. The Bertz CT molecular complexity index is 653. The number of hydrogen-bond donors (Lipinski definition) is 0. The number of halogens is 2. The fourth-order valence-electron chi connectivity index (χ4n) is 1.65. The number of nitrogens with zero attached hydrogens (tertiary/aromatic N) is 2. The molecule has 0 spiro atoms. The molecule has 0 unspecified atom stereocenters. The van der Waals surface area contributed by atoms with Gasteiger partial charge in [-0.25, -0.2) is 4.76 Å². The van der Waals surface area contributed by atoms with Crippen LogP contribution in [0.5, 0.6) is 0 Å². The largest absolute Gasteiger partial charge is 0.465 e. The SMILES string of the molecule is CCOC(=O)Cn1/c(=N/P(Cl)Cl)sc2ccccc21. The van der Waals surface area contributed by atoms with Gasteiger partial charge in [0.1, 0.15) is 6.54 Å². The van der Waals surface area contributed by atoms with Crippen molar-refractivity contribution in [3.63, 3.8) is 0 Å². The summed E-state index contributed by atoms with van der Waals surface area (Å²) in [6, 6.07) is 7.73. The minimum absolute atomic E-state index is 0.105. The maximum absolute atomic E-state index is 11.7. The number of ether oxygens (including phenoxy) is 1. The third-order valence-corrected chi connectivity index (χ3v) is 4.33. The molecule has 2 aromatic rings. The van der Waals surface area contributed by atoms with Gasteiger partial charge in [0.15, 0.2) is 4.80 Å². The highest BCUT2D eigenvalue weighted by Crippen LogP contribution is 2.47. The van der Waals surface area contributed by atoms with Gasteiger partial charge < -0.3 is 9.30 Å². The van der Waals surface area contributed by atoms with Crippen LogP contribution in [-0.2, 0) is 16.1 Å². The number of carbonyl (C=O) groups excluding carboxylic acids is 1. The van der Waals surface area contributed by atoms with Crippen LogP contribution in [0.3, 0.4) is 0 Å². The van der Waals surface area contributed by atoms with Gasteiger partial charge in [0, 0.05) is 0 Å². The van der Waals surface area contributed by atoms with Crippen LogP contribution in [0.4, 0.5) is 0 Å². The van der Waals surface area contributed by atoms with Crippen molar-refractivity contribution in [1.82, 2.24) is 4.57 Å². The molecule has 0 amide bonds. The van der Waals surface area contributed by atoms with Gasteiger partial charge in [0.2, 0.25) is 6.78 Å². The molecule has 102 valence electrons. The molecular formula is C11H11Cl2N2O2PS. The number of hydrogen-bond acceptors (Lipinski definition) is 4. The fourth-order valence-corrected chi connectivity index (χ4v) is 3.89. The third-order valence-electron chi connectivity index (χ3n) is 2.34. The van der Waals surface area contributed by atoms with Crippen LogP contribution in [0, 0.1) is 0 Å². The number of thiazole rings is 1. The molecule has 1 aromatic heterocycles. The van der Waals surface area contributed by atoms with Gasteiger partial charge >= 0.3 is 5.97 Å². The first-order valence-corrected chi connectivity index (χ1v) is 9.44. The molecule has 19 heavy (non-hydrogen) atoms. The van der Waals surface area contributed by atoms with E-state index in [9.17, 15) is 4.79 Å². The van der Waals surface area contributed by atoms with Crippen molar-refractivity contribution in [1.29, 1.82) is 0 Å². The maximum Gasteiger partial charge on any atom is 0.326 e. The van der Waals surface area contributed by atoms with E-state index in [1.165, 1.54) is 11.3 Å². The molecule has 0 aliphatic rings. The summed E-state index contributed by atoms with van der Waals surface area (Å²) in [7, 11) is 0. The van der Waals surface area contributed by atoms with Crippen molar-refractivity contribution in [3.8, 4) is 0 Å². The Morgan fingerprint density at radius 2 is 2.21 bits per heavy atom. The zero-order chi connectivity index (χ0) is 13.8. The first kappa shape index (κ1) is 14.8. The number of benzene rings is 1. The zero-order valence-corrected chi connectivity index (χ0v) is 13.3. The Kier molecular flexibility index (Phi) is 5.22. The monoisotopic (exact) mass is 336 g/mol. The van der Waals surface area contributed by atoms with Crippen molar-refractivity contribution < 1.29 is 9.53 Å². The molecule has 0 radical (unpaired) electrons. The molecule has 0 bridgehead atoms. The van der Waals surface area contributed by atoms with E-state index in [1.54, 1.807) is 11.5 Å². The summed E-state index contributed by atoms with van der Waals surface area (Å²) in [5, 5.41) is 0. The lowest BCUT2D eigenvalue weighted by molar-refractivity contribution is -0.143. The summed E-state index contributed by atoms with van der Waals surface area (Å²) in [5.41, 5.74) is 0.921. The van der Waals surface area contributed by atoms with Crippen molar-refractivity contribution in [2.45, 2.75) is 13.5 Å². The molecule has 0 N–H and O–H groups in total. The average Bonchev–Trinajstić information content (AvgIpc) is 2.67. The Morgan fingerprint density at radius 3 is 2.89 bits per heavy atom. The van der Waals surface area contributed by atoms with E-state index < -0.39 is 6.78 Å². The molecule has 1 heterocycles. The second kappa shape index (κ2) is 6.71. The molecule has 0 saturated carbocycles. The minimum Gasteiger partial charge on any atom is -0.465 e. The highest BCUT2D eigenvalue weighted by atomic mass is 35.9. The van der Waals surface area contributed by atoms with Gasteiger partial charge in [-0.1, -0.05) is 46.0 Å². The van der Waals surface area contributed by atoms with Crippen LogP contribution < -0.4 is 4.80 Å². The van der Waals surface area contributed by atoms with Crippen LogP contribution in [0.1, 0.15) is 6.92 Å². The molecule has 0 saturated heterocycles. The molecule has 0 aliphatic heterocycles. The summed E-state index contributed by atoms with van der Waals surface area (Å²) in [6.45, 7) is 0.776. The Hall–Kier alpha value is -0.610. The van der Waals surface area contributed by atoms with Crippen LogP contribution in [0.25, 0.3) is 10.2 Å². The highest BCUT2D eigenvalue weighted by Gasteiger charge is 2.11. The molecule has 2 rings (SSSR count). The lowest BCUT2D eigenvalue weighted by atomic mass is 10.3. The quantitative estimate of drug-likeness (QED) is 0.628. The number of rotatable bonds is 4. The van der Waals surface area contributed by atoms with E-state index in [0.717, 1.165) is 10.2 Å². The maximum atomic E-state index is 11.7. The van der Waals surface area contributed by atoms with E-state index in [4.69, 9.17) is 27.2 Å². The second-order valence-electron chi connectivity index (χ2n) is 3.56. The van der Waals surface area contributed by atoms with E-state index in [-0.39, 0.29) is 12.5 Å². The molecule has 0 atom stereocenters. The summed E-state index contributed by atoms with van der Waals surface area (Å²) in [4.78, 5) is 12.3. The predicted molar refractivity (Wildman–Crippen MR) is 80.6 cm³/mol. The van der Waals surface area contributed by atoms with Crippen molar-refractivity contribution in [2.24, 2.45) is 4.76 Å². The van der Waals surface area contributed by atoms with Crippen LogP contribution in [0.2, 0.25) is 0 Å². The zero-order valence-electron chi connectivity index (χ0n) is 10.0. The molecule has 0 aliphatic carbocycles. The van der Waals surface area contributed by atoms with Crippen LogP contribution in [0.15, 0.2) is 29.0 Å². The summed E-state index contributed by atoms with van der Waals surface area (Å²) < 4.78 is 11.9. The number of carbonyl (C=O) groups is 1. The molecule has 4 nitrogen and oxygen atoms in total. The third kappa shape index (κ3) is 3.69. The van der Waals surface area contributed by atoms with Crippen molar-refractivity contribution in [2.75, 3.05) is 6.61 Å². The normalized spacial score (nSPS) is 12.3. The Morgan fingerprint density at radius 1 is 1.47 bits per heavy atom. The molecular weight excluding hydrogens is 326 g/mol. The Labute approximate surface area is 125 Å². The highest BCUT2D eigenvalue weighted by molar-refractivity contribution is 8.02. The molecule has 8 heteroatoms. The van der Waals surface area contributed by atoms with Gasteiger partial charge in [0.25, 0.3) is 0 Å². The number of esters is 1. The van der Waals surface area contributed by atoms with E-state index in [2.05, 4.69) is 4.76 Å². The van der Waals surface area contributed by atoms with E-state index in [0.29, 0.717) is 11.4 Å². The standard InChI is InChI=1S/C11H11Cl2N2O2PS/c1-2-17-10(16)7-15-8-5-3-4-6-9(8)19-11(15)14-18(12)13/h3-6H,2,7H2,1H3/b14-11-. The van der Waals surface area contributed by atoms with Gasteiger partial charge in [-0.15, -0.1) is 0 Å². The van der Waals surface area contributed by atoms with Gasteiger partial charge in [-0.05, 0) is 19.1 Å². The van der Waals surface area contributed by atoms with Crippen LogP contribution >= 0.6 is 40.6 Å². The number of fused-ring (bicyclic) bond motifs is 1. The lowest BCUT2D eigenvalue weighted by Gasteiger charge is -2.04. The topological polar surface area (TPSA) is 43.6 Å². The van der Waals surface area contributed by atoms with Gasteiger partial charge in [0.05, 0.1) is 16.8 Å². The second-order valence-corrected chi connectivity index (χ2v) is 7.64. The van der Waals surface area contributed by atoms with E-state index >= 15 is 0 Å². The van der Waals surface area contributed by atoms with Crippen molar-refractivity contribution in [3.05, 3.63) is 29.1 Å². The first-order chi connectivity index (χ1) is 9.11. The van der Waals surface area contributed by atoms with Crippen molar-refractivity contribution >= 4 is 56.8 Å². The number of para-hydroxylation sites is 1. The fraction of sp³-hybridized carbons (Fsp3) is 0.273. The summed E-state index contributed by atoms with van der Waals surface area (Å²) >= 11 is 12.9. The first-order valence-electron chi connectivity index (χ1n) is 5.52. The lowest BCUT2D eigenvalue weighted by Crippen LogP contribution is -2.21. The van der Waals surface area contributed by atoms with E-state index in [1.807, 2.05) is 24.3 Å². The smallest absolute Gasteiger partial charge is 0.326 e. The Balaban J connectivity index is 2.52. The molecule has 1 aromatic carbocycles. The molecule has 0 fully saturated rings. The summed E-state index contributed by atoms with van der Waals surface area (Å²) in [6.07, 6.45) is 0. The van der Waals surface area contributed by atoms with Gasteiger partial charge in [-0.2, -0.15) is 0 Å².